The van der Waals surface area contributed by atoms with Crippen LogP contribution in [0.2, 0.25) is 0 Å². The van der Waals surface area contributed by atoms with Crippen LogP contribution in [0, 0.1) is 34.0 Å². The highest BCUT2D eigenvalue weighted by Crippen LogP contribution is 2.72. The Bertz CT molecular complexity index is 3630. The first-order chi connectivity index (χ1) is 29.1. The van der Waals surface area contributed by atoms with Gasteiger partial charge in [-0.25, -0.2) is 0 Å². The van der Waals surface area contributed by atoms with Crippen LogP contribution in [0.25, 0.3) is 71.5 Å². The first-order valence-corrected chi connectivity index (χ1v) is 20.1. The molecule has 0 aliphatic heterocycles. The third-order valence-electron chi connectivity index (χ3n) is 14.0. The molecule has 3 aliphatic rings. The summed E-state index contributed by atoms with van der Waals surface area (Å²) in [6.07, 6.45) is 0.833. The fourth-order valence-corrected chi connectivity index (χ4v) is 11.5. The normalized spacial score (nSPS) is 18.1. The monoisotopic (exact) mass is 746 g/mol. The Hall–Kier alpha value is -7.97. The van der Waals surface area contributed by atoms with Gasteiger partial charge in [-0.05, 0) is 146 Å². The molecule has 0 fully saturated rings. The molecule has 13 rings (SSSR count). The number of hydrogen-bond donors (Lipinski definition) is 0. The fraction of sp³-hybridized carbons (Fsp3) is 0.0727. The molecular formula is C55H30N4. The van der Waals surface area contributed by atoms with E-state index in [1.54, 1.807) is 0 Å². The van der Waals surface area contributed by atoms with Crippen molar-refractivity contribution in [2.45, 2.75) is 23.7 Å². The van der Waals surface area contributed by atoms with Gasteiger partial charge in [0.25, 0.3) is 0 Å². The molecule has 59 heavy (non-hydrogen) atoms. The Labute approximate surface area is 340 Å². The second-order valence-electron chi connectivity index (χ2n) is 16.6. The van der Waals surface area contributed by atoms with E-state index in [0.29, 0.717) is 16.7 Å². The van der Waals surface area contributed by atoms with Crippen LogP contribution in [0.1, 0.15) is 61.9 Å². The molecule has 10 aromatic rings. The largest absolute Gasteiger partial charge is 0.308 e. The van der Waals surface area contributed by atoms with E-state index in [9.17, 15) is 15.8 Å². The van der Waals surface area contributed by atoms with Gasteiger partial charge >= 0.3 is 0 Å². The molecule has 4 heteroatoms. The highest BCUT2D eigenvalue weighted by Gasteiger charge is 2.63. The molecule has 0 saturated heterocycles. The zero-order valence-corrected chi connectivity index (χ0v) is 31.7. The van der Waals surface area contributed by atoms with E-state index >= 15 is 0 Å². The van der Waals surface area contributed by atoms with Crippen molar-refractivity contribution in [3.63, 3.8) is 0 Å². The smallest absolute Gasteiger partial charge is 0.0998 e. The second-order valence-corrected chi connectivity index (χ2v) is 16.6. The van der Waals surface area contributed by atoms with Gasteiger partial charge in [-0.3, -0.25) is 0 Å². The molecule has 4 nitrogen and oxygen atoms in total. The van der Waals surface area contributed by atoms with E-state index in [2.05, 4.69) is 162 Å². The number of hydrogen-bond acceptors (Lipinski definition) is 3. The maximum atomic E-state index is 10.7. The lowest BCUT2D eigenvalue weighted by molar-refractivity contribution is 0.340. The number of nitriles is 3. The minimum Gasteiger partial charge on any atom is -0.308 e. The first-order valence-electron chi connectivity index (χ1n) is 20.1. The summed E-state index contributed by atoms with van der Waals surface area (Å²) in [4.78, 5) is 0. The molecule has 3 atom stereocenters. The zero-order valence-electron chi connectivity index (χ0n) is 31.7. The van der Waals surface area contributed by atoms with Crippen molar-refractivity contribution in [3.05, 3.63) is 208 Å². The number of aromatic nitrogens is 1. The lowest BCUT2D eigenvalue weighted by Gasteiger charge is -2.52. The van der Waals surface area contributed by atoms with E-state index in [-0.39, 0.29) is 17.3 Å². The van der Waals surface area contributed by atoms with E-state index in [1.165, 1.54) is 82.8 Å². The second kappa shape index (κ2) is 11.3. The van der Waals surface area contributed by atoms with Crippen molar-refractivity contribution in [2.75, 3.05) is 0 Å². The molecule has 0 bridgehead atoms. The average Bonchev–Trinajstić information content (AvgIpc) is 3.89. The molecule has 8 aromatic carbocycles. The van der Waals surface area contributed by atoms with Crippen molar-refractivity contribution < 1.29 is 0 Å². The van der Waals surface area contributed by atoms with Gasteiger partial charge in [0, 0.05) is 38.8 Å². The molecule has 2 heterocycles. The molecule has 0 radical (unpaired) electrons. The predicted molar refractivity (Wildman–Crippen MR) is 234 cm³/mol. The van der Waals surface area contributed by atoms with Crippen LogP contribution in [0.3, 0.4) is 0 Å². The first kappa shape index (κ1) is 32.2. The summed E-state index contributed by atoms with van der Waals surface area (Å²) in [5.74, 6) is 0.333. The molecule has 1 spiro atoms. The number of nitrogens with zero attached hydrogens (tertiary/aromatic N) is 4. The third-order valence-corrected chi connectivity index (χ3v) is 14.0. The van der Waals surface area contributed by atoms with Gasteiger partial charge in [0.1, 0.15) is 0 Å². The van der Waals surface area contributed by atoms with Gasteiger partial charge in [0.05, 0.1) is 51.4 Å². The quantitative estimate of drug-likeness (QED) is 0.181. The van der Waals surface area contributed by atoms with Gasteiger partial charge in [-0.15, -0.1) is 0 Å². The molecule has 3 aliphatic carbocycles. The molecule has 0 saturated carbocycles. The van der Waals surface area contributed by atoms with Crippen LogP contribution in [-0.4, -0.2) is 4.40 Å². The van der Waals surface area contributed by atoms with Crippen molar-refractivity contribution in [1.29, 1.82) is 15.8 Å². The minimum absolute atomic E-state index is 0.126. The highest BCUT2D eigenvalue weighted by atomic mass is 14.9. The summed E-state index contributed by atoms with van der Waals surface area (Å²) >= 11 is 0. The maximum Gasteiger partial charge on any atom is 0.0998 e. The highest BCUT2D eigenvalue weighted by molar-refractivity contribution is 6.25. The lowest BCUT2D eigenvalue weighted by atomic mass is 9.50. The van der Waals surface area contributed by atoms with Crippen LogP contribution < -0.4 is 0 Å². The Kier molecular flexibility index (Phi) is 6.17. The minimum atomic E-state index is -0.268. The summed E-state index contributed by atoms with van der Waals surface area (Å²) in [5, 5.41) is 35.1. The van der Waals surface area contributed by atoms with Crippen LogP contribution in [0.15, 0.2) is 158 Å². The van der Waals surface area contributed by atoms with E-state index in [4.69, 9.17) is 0 Å². The van der Waals surface area contributed by atoms with Gasteiger partial charge in [-0.2, -0.15) is 15.8 Å². The number of rotatable bonds is 3. The topological polar surface area (TPSA) is 75.8 Å². The summed E-state index contributed by atoms with van der Waals surface area (Å²) in [5.41, 5.74) is 19.4. The summed E-state index contributed by atoms with van der Waals surface area (Å²) in [6.45, 7) is 0. The van der Waals surface area contributed by atoms with Crippen molar-refractivity contribution >= 4 is 38.1 Å². The van der Waals surface area contributed by atoms with Crippen LogP contribution >= 0.6 is 0 Å². The average molecular weight is 747 g/mol. The lowest BCUT2D eigenvalue weighted by Crippen LogP contribution is -2.46. The molecule has 0 amide bonds. The molecule has 0 N–H and O–H groups in total. The molecular weight excluding hydrogens is 717 g/mol. The summed E-state index contributed by atoms with van der Waals surface area (Å²) in [7, 11) is 0. The van der Waals surface area contributed by atoms with Crippen LogP contribution in [0.4, 0.5) is 0 Å². The Morgan fingerprint density at radius 3 is 1.76 bits per heavy atom. The maximum absolute atomic E-state index is 10.7. The Balaban J connectivity index is 1.03. The van der Waals surface area contributed by atoms with Crippen LogP contribution in [-0.2, 0) is 11.8 Å². The van der Waals surface area contributed by atoms with Crippen LogP contribution in [0.5, 0.6) is 0 Å². The molecule has 270 valence electrons. The van der Waals surface area contributed by atoms with Gasteiger partial charge in [0.15, 0.2) is 0 Å². The predicted octanol–water partition coefficient (Wildman–Crippen LogP) is 12.5. The van der Waals surface area contributed by atoms with Crippen molar-refractivity contribution in [1.82, 2.24) is 4.40 Å². The summed E-state index contributed by atoms with van der Waals surface area (Å²) in [6, 6.07) is 63.5. The Morgan fingerprint density at radius 2 is 1.08 bits per heavy atom. The third kappa shape index (κ3) is 4.04. The van der Waals surface area contributed by atoms with E-state index < -0.39 is 0 Å². The van der Waals surface area contributed by atoms with E-state index in [0.717, 1.165) is 28.5 Å². The SMILES string of the molecule is N#Cc1ccc2c(c1)C1c3cc(C#N)ccc3C3(Cc4cc(C#N)c(-c5ccc6c(c5)c5cc(-c7ccccc7)cc7c8cc(-c9ccccc9)ccc8n6c75)cc43)C21. The van der Waals surface area contributed by atoms with E-state index in [1.807, 2.05) is 18.2 Å². The standard InChI is InChI=1S/C55H30N4/c56-28-31-11-15-40-44(19-31)52-47-20-32(29-57)12-16-48(47)55(53(40)52)27-38-21-39(30-58)41(26-49(38)55)36-14-18-51-43(23-36)46-25-37(34-9-5-2-6-10-34)24-45-42-22-35(33-7-3-1-4-8-33)13-17-50(42)59(51)54(45)46/h1-26,52-53H,27H2. The number of fused-ring (bicyclic) bond motifs is 16. The number of benzene rings is 8. The zero-order chi connectivity index (χ0) is 39.1. The summed E-state index contributed by atoms with van der Waals surface area (Å²) < 4.78 is 2.43. The van der Waals surface area contributed by atoms with Gasteiger partial charge < -0.3 is 4.40 Å². The van der Waals surface area contributed by atoms with Crippen molar-refractivity contribution in [3.8, 4) is 51.6 Å². The Morgan fingerprint density at radius 1 is 0.475 bits per heavy atom. The van der Waals surface area contributed by atoms with Gasteiger partial charge in [-0.1, -0.05) is 84.9 Å². The molecule has 3 unspecified atom stereocenters. The fourth-order valence-electron chi connectivity index (χ4n) is 11.5. The van der Waals surface area contributed by atoms with Gasteiger partial charge in [0.2, 0.25) is 0 Å². The van der Waals surface area contributed by atoms with Crippen molar-refractivity contribution in [2.24, 2.45) is 0 Å². The molecule has 2 aromatic heterocycles.